The van der Waals surface area contributed by atoms with E-state index in [1.807, 2.05) is 6.07 Å². The number of nitrogens with zero attached hydrogens (tertiary/aromatic N) is 3. The Morgan fingerprint density at radius 3 is 2.77 bits per heavy atom. The zero-order valence-electron chi connectivity index (χ0n) is 16.5. The van der Waals surface area contributed by atoms with Gasteiger partial charge in [0.2, 0.25) is 11.8 Å². The molecule has 30 heavy (non-hydrogen) atoms. The third-order valence-corrected chi connectivity index (χ3v) is 8.37. The summed E-state index contributed by atoms with van der Waals surface area (Å²) in [7, 11) is -1.29. The van der Waals surface area contributed by atoms with Crippen LogP contribution in [-0.4, -0.2) is 50.5 Å². The van der Waals surface area contributed by atoms with Crippen molar-refractivity contribution in [3.8, 4) is 5.88 Å². The molecule has 158 valence electrons. The summed E-state index contributed by atoms with van der Waals surface area (Å²) >= 11 is 6.17. The van der Waals surface area contributed by atoms with Crippen molar-refractivity contribution < 1.29 is 14.1 Å². The summed E-state index contributed by atoms with van der Waals surface area (Å²) in [6, 6.07) is 6.18. The maximum Gasteiger partial charge on any atom is 0.238 e. The van der Waals surface area contributed by atoms with Gasteiger partial charge in [0.05, 0.1) is 12.1 Å². The third-order valence-electron chi connectivity index (χ3n) is 6.98. The highest BCUT2D eigenvalue weighted by Gasteiger charge is 2.48. The van der Waals surface area contributed by atoms with Crippen LogP contribution in [0.25, 0.3) is 0 Å². The summed E-state index contributed by atoms with van der Waals surface area (Å²) < 4.78 is 18.1. The molecule has 1 saturated heterocycles. The predicted molar refractivity (Wildman–Crippen MR) is 115 cm³/mol. The number of aliphatic hydroxyl groups is 1. The molecule has 2 fully saturated rings. The van der Waals surface area contributed by atoms with Crippen molar-refractivity contribution in [3.63, 3.8) is 0 Å². The van der Waals surface area contributed by atoms with Crippen LogP contribution in [0.4, 0.5) is 11.8 Å². The van der Waals surface area contributed by atoms with Crippen LogP contribution in [0.15, 0.2) is 23.1 Å². The largest absolute Gasteiger partial charge is 0.463 e. The quantitative estimate of drug-likeness (QED) is 0.746. The molecule has 1 aromatic heterocycles. The minimum Gasteiger partial charge on any atom is -0.463 e. The molecular formula is C21H23ClN4O3S. The van der Waals surface area contributed by atoms with Crippen LogP contribution >= 0.6 is 11.6 Å². The normalized spacial score (nSPS) is 24.6. The first-order chi connectivity index (χ1) is 14.5. The van der Waals surface area contributed by atoms with Crippen LogP contribution < -0.4 is 15.0 Å². The van der Waals surface area contributed by atoms with Crippen molar-refractivity contribution in [1.29, 1.82) is 0 Å². The van der Waals surface area contributed by atoms with Gasteiger partial charge in [0.25, 0.3) is 0 Å². The van der Waals surface area contributed by atoms with E-state index in [-0.39, 0.29) is 23.5 Å². The summed E-state index contributed by atoms with van der Waals surface area (Å²) in [5.41, 5.74) is 2.54. The number of halogens is 1. The Morgan fingerprint density at radius 1 is 1.23 bits per heavy atom. The molecule has 1 aromatic carbocycles. The minimum atomic E-state index is -1.29. The van der Waals surface area contributed by atoms with E-state index in [2.05, 4.69) is 27.3 Å². The zero-order valence-corrected chi connectivity index (χ0v) is 18.1. The fraction of sp³-hybridized carbons (Fsp3) is 0.524. The van der Waals surface area contributed by atoms with E-state index in [1.165, 1.54) is 11.1 Å². The number of hydrogen-bond acceptors (Lipinski definition) is 7. The summed E-state index contributed by atoms with van der Waals surface area (Å²) in [5.74, 6) is 1.65. The molecule has 0 radical (unpaired) electrons. The van der Waals surface area contributed by atoms with Crippen LogP contribution in [0.2, 0.25) is 5.02 Å². The molecule has 2 aliphatic heterocycles. The summed E-state index contributed by atoms with van der Waals surface area (Å²) in [5, 5.41) is 14.0. The molecule has 2 aliphatic carbocycles. The van der Waals surface area contributed by atoms with Crippen molar-refractivity contribution in [3.05, 3.63) is 34.3 Å². The second kappa shape index (κ2) is 6.55. The van der Waals surface area contributed by atoms with Gasteiger partial charge in [0, 0.05) is 23.5 Å². The Balaban J connectivity index is 1.27. The van der Waals surface area contributed by atoms with E-state index in [0.29, 0.717) is 22.5 Å². The number of hydrogen-bond donors (Lipinski definition) is 2. The average Bonchev–Trinajstić information content (AvgIpc) is 3.24. The Hall–Kier alpha value is -1.90. The van der Waals surface area contributed by atoms with E-state index in [9.17, 15) is 9.32 Å². The fourth-order valence-corrected chi connectivity index (χ4v) is 6.37. The maximum absolute atomic E-state index is 12.5. The lowest BCUT2D eigenvalue weighted by atomic mass is 9.77. The molecule has 1 atom stereocenters. The fourth-order valence-electron chi connectivity index (χ4n) is 5.22. The number of fused-ring (bicyclic) bond motifs is 2. The second-order valence-electron chi connectivity index (χ2n) is 9.15. The molecule has 9 heteroatoms. The van der Waals surface area contributed by atoms with Gasteiger partial charge in [-0.25, -0.2) is 0 Å². The average molecular weight is 447 g/mol. The Labute approximate surface area is 182 Å². The first-order valence-corrected chi connectivity index (χ1v) is 12.0. The SMILES string of the molecule is O=[S@]1COc2nc(N3CC4(Cc5ccc(Cl)cc5C4)C3)nc(NC3(CO)CCC3)c21. The molecule has 0 amide bonds. The van der Waals surface area contributed by atoms with E-state index in [4.69, 9.17) is 21.3 Å². The number of anilines is 2. The van der Waals surface area contributed by atoms with E-state index in [0.717, 1.165) is 50.2 Å². The Morgan fingerprint density at radius 2 is 2.03 bits per heavy atom. The number of ether oxygens (including phenoxy) is 1. The molecule has 0 unspecified atom stereocenters. The number of benzene rings is 1. The van der Waals surface area contributed by atoms with Gasteiger partial charge in [0.1, 0.15) is 15.7 Å². The van der Waals surface area contributed by atoms with E-state index >= 15 is 0 Å². The highest BCUT2D eigenvalue weighted by Crippen LogP contribution is 2.47. The lowest BCUT2D eigenvalue weighted by molar-refractivity contribution is 0.143. The zero-order chi connectivity index (χ0) is 20.5. The van der Waals surface area contributed by atoms with Gasteiger partial charge >= 0.3 is 0 Å². The first kappa shape index (κ1) is 18.8. The maximum atomic E-state index is 12.5. The lowest BCUT2D eigenvalue weighted by Crippen LogP contribution is -2.57. The van der Waals surface area contributed by atoms with Crippen molar-refractivity contribution in [1.82, 2.24) is 9.97 Å². The lowest BCUT2D eigenvalue weighted by Gasteiger charge is -2.48. The third kappa shape index (κ3) is 2.84. The molecule has 2 aromatic rings. The summed E-state index contributed by atoms with van der Waals surface area (Å²) in [6.45, 7) is 1.76. The van der Waals surface area contributed by atoms with Crippen molar-refractivity contribution in [2.75, 3.05) is 35.9 Å². The Kier molecular flexibility index (Phi) is 4.11. The molecule has 1 spiro atoms. The number of nitrogens with one attached hydrogen (secondary N) is 1. The van der Waals surface area contributed by atoms with Crippen LogP contribution in [-0.2, 0) is 23.6 Å². The number of aromatic nitrogens is 2. The van der Waals surface area contributed by atoms with Gasteiger partial charge in [0.15, 0.2) is 11.8 Å². The molecule has 0 bridgehead atoms. The molecule has 4 aliphatic rings. The van der Waals surface area contributed by atoms with Crippen molar-refractivity contribution in [2.24, 2.45) is 5.41 Å². The molecule has 1 saturated carbocycles. The second-order valence-corrected chi connectivity index (χ2v) is 10.9. The van der Waals surface area contributed by atoms with E-state index in [1.54, 1.807) is 0 Å². The van der Waals surface area contributed by atoms with Crippen LogP contribution in [0.1, 0.15) is 30.4 Å². The molecule has 3 heterocycles. The van der Waals surface area contributed by atoms with Gasteiger partial charge in [-0.1, -0.05) is 17.7 Å². The molecule has 6 rings (SSSR count). The topological polar surface area (TPSA) is 87.6 Å². The van der Waals surface area contributed by atoms with Gasteiger partial charge in [-0.15, -0.1) is 0 Å². The van der Waals surface area contributed by atoms with Crippen LogP contribution in [0.5, 0.6) is 5.88 Å². The van der Waals surface area contributed by atoms with Gasteiger partial charge < -0.3 is 20.1 Å². The van der Waals surface area contributed by atoms with E-state index < -0.39 is 10.8 Å². The van der Waals surface area contributed by atoms with Crippen LogP contribution in [0.3, 0.4) is 0 Å². The molecular weight excluding hydrogens is 424 g/mol. The van der Waals surface area contributed by atoms with Crippen molar-refractivity contribution >= 4 is 34.2 Å². The smallest absolute Gasteiger partial charge is 0.238 e. The molecule has 7 nitrogen and oxygen atoms in total. The predicted octanol–water partition coefficient (Wildman–Crippen LogP) is 2.52. The number of aliphatic hydroxyl groups excluding tert-OH is 1. The van der Waals surface area contributed by atoms with Crippen molar-refractivity contribution in [2.45, 2.75) is 42.5 Å². The standard InChI is InChI=1S/C21H23ClN4O3S/c22-15-3-2-13-7-20(8-14(13)6-15)9-26(10-20)19-23-17(25-21(11-27)4-1-5-21)16-18(24-19)29-12-30(16)28/h2-3,6,27H,1,4-5,7-12H2,(H,23,24,25)/t30-/m0/s1. The van der Waals surface area contributed by atoms with Crippen LogP contribution in [0, 0.1) is 5.41 Å². The minimum absolute atomic E-state index is 0.0300. The highest BCUT2D eigenvalue weighted by molar-refractivity contribution is 7.85. The van der Waals surface area contributed by atoms with Gasteiger partial charge in [-0.05, 0) is 55.4 Å². The monoisotopic (exact) mass is 446 g/mol. The van der Waals surface area contributed by atoms with Gasteiger partial charge in [-0.3, -0.25) is 4.21 Å². The highest BCUT2D eigenvalue weighted by atomic mass is 35.5. The first-order valence-electron chi connectivity index (χ1n) is 10.3. The summed E-state index contributed by atoms with van der Waals surface area (Å²) in [4.78, 5) is 12.0. The molecule has 2 N–H and O–H groups in total. The van der Waals surface area contributed by atoms with Gasteiger partial charge in [-0.2, -0.15) is 9.97 Å². The summed E-state index contributed by atoms with van der Waals surface area (Å²) in [6.07, 6.45) is 4.87. The number of rotatable bonds is 4. The Bertz CT molecular complexity index is 1060.